The first-order chi connectivity index (χ1) is 11.3. The highest BCUT2D eigenvalue weighted by molar-refractivity contribution is 8.76. The molecule has 0 saturated carbocycles. The van der Waals surface area contributed by atoms with Crippen LogP contribution in [-0.4, -0.2) is 34.2 Å². The zero-order valence-electron chi connectivity index (χ0n) is 14.8. The summed E-state index contributed by atoms with van der Waals surface area (Å²) in [7, 11) is 5.09. The summed E-state index contributed by atoms with van der Waals surface area (Å²) in [4.78, 5) is 25.6. The van der Waals surface area contributed by atoms with Crippen LogP contribution in [0.4, 0.5) is 0 Å². The van der Waals surface area contributed by atoms with E-state index in [9.17, 15) is 9.59 Å². The lowest BCUT2D eigenvalue weighted by Crippen LogP contribution is -2.18. The van der Waals surface area contributed by atoms with Gasteiger partial charge in [-0.2, -0.15) is 12.6 Å². The maximum absolute atomic E-state index is 11.1. The van der Waals surface area contributed by atoms with Crippen molar-refractivity contribution in [1.29, 1.82) is 0 Å². The molecule has 0 aliphatic carbocycles. The number of ketones is 1. The zero-order chi connectivity index (χ0) is 18.4. The Morgan fingerprint density at radius 2 is 1.96 bits per heavy atom. The van der Waals surface area contributed by atoms with Gasteiger partial charge < -0.3 is 10.1 Å². The van der Waals surface area contributed by atoms with Gasteiger partial charge in [-0.15, -0.1) is 0 Å². The number of nitrogens with one attached hydrogen (secondary N) is 1. The Morgan fingerprint density at radius 3 is 2.42 bits per heavy atom. The molecule has 1 aromatic rings. The van der Waals surface area contributed by atoms with Gasteiger partial charge in [-0.25, -0.2) is 4.98 Å². The molecule has 2 atom stereocenters. The van der Waals surface area contributed by atoms with Crippen molar-refractivity contribution in [2.24, 2.45) is 0 Å². The average Bonchev–Trinajstić information content (AvgIpc) is 2.57. The van der Waals surface area contributed by atoms with E-state index in [4.69, 9.17) is 0 Å². The molecule has 1 N–H and O–H groups in total. The summed E-state index contributed by atoms with van der Waals surface area (Å²) in [5, 5.41) is 4.45. The molecular weight excluding hydrogens is 360 g/mol. The number of hydrogen-bond acceptors (Lipinski definition) is 6. The maximum atomic E-state index is 11.1. The van der Waals surface area contributed by atoms with Crippen molar-refractivity contribution in [2.75, 3.05) is 7.05 Å². The highest BCUT2D eigenvalue weighted by Gasteiger charge is 2.07. The number of Topliss-reactive ketones (excluding diaryl/α,β-unsaturated/α-hetero) is 1. The lowest BCUT2D eigenvalue weighted by molar-refractivity contribution is -0.120. The number of hydrogen-bond donors (Lipinski definition) is 2. The number of aromatic nitrogens is 1. The maximum Gasteiger partial charge on any atom is 0.219 e. The van der Waals surface area contributed by atoms with Crippen molar-refractivity contribution < 1.29 is 9.59 Å². The Labute approximate surface area is 159 Å². The second-order valence-corrected chi connectivity index (χ2v) is 9.00. The molecule has 1 heterocycles. The summed E-state index contributed by atoms with van der Waals surface area (Å²) < 4.78 is 0. The van der Waals surface area contributed by atoms with Gasteiger partial charge in [0.25, 0.3) is 0 Å². The predicted molar refractivity (Wildman–Crippen MR) is 109 cm³/mol. The Kier molecular flexibility index (Phi) is 14.3. The molecule has 4 nitrogen and oxygen atoms in total. The number of thiol groups is 1. The van der Waals surface area contributed by atoms with Crippen LogP contribution in [0.5, 0.6) is 0 Å². The largest absolute Gasteiger partial charge is 0.359 e. The Hall–Kier alpha value is -0.660. The van der Waals surface area contributed by atoms with Gasteiger partial charge in [0.05, 0.1) is 0 Å². The lowest BCUT2D eigenvalue weighted by Gasteiger charge is -2.08. The third kappa shape index (κ3) is 14.9. The first-order valence-corrected chi connectivity index (χ1v) is 10.7. The summed E-state index contributed by atoms with van der Waals surface area (Å²) in [6, 6.07) is 5.87. The molecule has 0 saturated heterocycles. The van der Waals surface area contributed by atoms with Crippen molar-refractivity contribution in [3.63, 3.8) is 0 Å². The number of carbonyl (C=O) groups excluding carboxylic acids is 2. The standard InChI is InChI=1S/C11H16N2OS2.C6H12OS/c1-9(6-7-10(14)12-2)15-16-11-5-3-4-8-13-11;1-5(7)3-4-6(2)8/h3-5,8-9H,6-7H2,1-2H3,(H,12,14);6,8H,3-4H2,1-2H3. The molecule has 0 radical (unpaired) electrons. The lowest BCUT2D eigenvalue weighted by atomic mass is 10.2. The van der Waals surface area contributed by atoms with Gasteiger partial charge in [0.1, 0.15) is 10.8 Å². The van der Waals surface area contributed by atoms with E-state index in [-0.39, 0.29) is 11.7 Å². The fourth-order valence-electron chi connectivity index (χ4n) is 1.45. The van der Waals surface area contributed by atoms with Crippen LogP contribution in [0.3, 0.4) is 0 Å². The number of nitrogens with zero attached hydrogens (tertiary/aromatic N) is 1. The molecule has 0 aliphatic rings. The molecule has 1 aromatic heterocycles. The van der Waals surface area contributed by atoms with E-state index in [1.165, 1.54) is 0 Å². The third-order valence-electron chi connectivity index (χ3n) is 2.91. The molecule has 2 unspecified atom stereocenters. The second kappa shape index (κ2) is 14.7. The van der Waals surface area contributed by atoms with Crippen LogP contribution < -0.4 is 5.32 Å². The predicted octanol–water partition coefficient (Wildman–Crippen LogP) is 4.41. The van der Waals surface area contributed by atoms with E-state index in [0.29, 0.717) is 23.3 Å². The minimum atomic E-state index is 0.107. The van der Waals surface area contributed by atoms with Crippen LogP contribution in [0.25, 0.3) is 0 Å². The molecule has 7 heteroatoms. The second-order valence-electron chi connectivity index (χ2n) is 5.46. The van der Waals surface area contributed by atoms with E-state index in [0.717, 1.165) is 17.9 Å². The van der Waals surface area contributed by atoms with Crippen molar-refractivity contribution in [3.8, 4) is 0 Å². The van der Waals surface area contributed by atoms with Gasteiger partial charge >= 0.3 is 0 Å². The van der Waals surface area contributed by atoms with Crippen LogP contribution in [0.2, 0.25) is 0 Å². The van der Waals surface area contributed by atoms with E-state index < -0.39 is 0 Å². The zero-order valence-corrected chi connectivity index (χ0v) is 17.3. The third-order valence-corrected chi connectivity index (χ3v) is 6.02. The quantitative estimate of drug-likeness (QED) is 0.485. The SMILES string of the molecule is CC(=O)CCC(C)S.CNC(=O)CCC(C)SSc1ccccn1. The van der Waals surface area contributed by atoms with Crippen molar-refractivity contribution in [2.45, 2.75) is 62.0 Å². The Balaban J connectivity index is 0.000000561. The summed E-state index contributed by atoms with van der Waals surface area (Å²) in [6.07, 6.45) is 4.85. The fourth-order valence-corrected chi connectivity index (χ4v) is 3.66. The van der Waals surface area contributed by atoms with Gasteiger partial charge in [0.2, 0.25) is 5.91 Å². The first kappa shape index (κ1) is 23.3. The molecule has 0 spiro atoms. The van der Waals surface area contributed by atoms with Crippen LogP contribution in [0, 0.1) is 0 Å². The molecule has 24 heavy (non-hydrogen) atoms. The van der Waals surface area contributed by atoms with Gasteiger partial charge in [0, 0.05) is 31.3 Å². The Bertz CT molecular complexity index is 470. The molecule has 0 bridgehead atoms. The van der Waals surface area contributed by atoms with E-state index >= 15 is 0 Å². The molecule has 0 aromatic carbocycles. The minimum absolute atomic E-state index is 0.107. The van der Waals surface area contributed by atoms with Crippen LogP contribution in [0.15, 0.2) is 29.4 Å². The highest BCUT2D eigenvalue weighted by Crippen LogP contribution is 2.34. The van der Waals surface area contributed by atoms with Gasteiger partial charge in [-0.05, 0) is 47.9 Å². The summed E-state index contributed by atoms with van der Waals surface area (Å²) >= 11 is 4.12. The minimum Gasteiger partial charge on any atom is -0.359 e. The van der Waals surface area contributed by atoms with E-state index in [1.54, 1.807) is 41.8 Å². The number of pyridine rings is 1. The molecule has 1 amide bonds. The molecular formula is C17H28N2O2S3. The molecule has 1 rings (SSSR count). The van der Waals surface area contributed by atoms with Gasteiger partial charge in [-0.3, -0.25) is 4.79 Å². The van der Waals surface area contributed by atoms with E-state index in [2.05, 4.69) is 29.9 Å². The summed E-state index contributed by atoms with van der Waals surface area (Å²) in [5.41, 5.74) is 0. The average molecular weight is 389 g/mol. The monoisotopic (exact) mass is 388 g/mol. The summed E-state index contributed by atoms with van der Waals surface area (Å²) in [5.74, 6) is 0.362. The smallest absolute Gasteiger partial charge is 0.219 e. The van der Waals surface area contributed by atoms with Crippen LogP contribution in [-0.2, 0) is 9.59 Å². The number of carbonyl (C=O) groups is 2. The Morgan fingerprint density at radius 1 is 1.25 bits per heavy atom. The number of rotatable bonds is 9. The topological polar surface area (TPSA) is 59.1 Å². The van der Waals surface area contributed by atoms with E-state index in [1.807, 2.05) is 25.1 Å². The molecule has 0 aliphatic heterocycles. The van der Waals surface area contributed by atoms with Crippen molar-refractivity contribution in [1.82, 2.24) is 10.3 Å². The van der Waals surface area contributed by atoms with Crippen LogP contribution in [0.1, 0.15) is 46.5 Å². The van der Waals surface area contributed by atoms with Crippen molar-refractivity contribution >= 4 is 45.9 Å². The molecule has 0 fully saturated rings. The number of amides is 1. The molecule has 136 valence electrons. The highest BCUT2D eigenvalue weighted by atomic mass is 33.1. The van der Waals surface area contributed by atoms with Gasteiger partial charge in [-0.1, -0.05) is 30.7 Å². The van der Waals surface area contributed by atoms with Crippen LogP contribution >= 0.6 is 34.2 Å². The fraction of sp³-hybridized carbons (Fsp3) is 0.588. The van der Waals surface area contributed by atoms with Crippen molar-refractivity contribution in [3.05, 3.63) is 24.4 Å². The normalized spacial score (nSPS) is 12.5. The van der Waals surface area contributed by atoms with Gasteiger partial charge in [0.15, 0.2) is 0 Å². The summed E-state index contributed by atoms with van der Waals surface area (Å²) in [6.45, 7) is 5.73. The first-order valence-electron chi connectivity index (χ1n) is 7.97.